The first kappa shape index (κ1) is 81.2. The largest absolute Gasteiger partial charge is 0.417 e. The SMILES string of the molecule is CCCC[C@H]1C(=O)N(C)[C@H](C(=O)N2CCCCC2)CC(=O)N(C)[C@@H](CC(C)C)C(=O)N[C@@H]([C@@H](C)CC)C(=O)N(C)[C@@H](C)C(=O)N2CC[C@H]2C(=O)N(C)[C@@H](CC2CCCCC2)C(=O)N(C)CC(=O)N[C@@H](CCc2ccc(C(F)(F)F)c(Cl)c2)C(=O)N2CCC[C@H]2C(=O)NC2(CCCC2)C(=O)N1C. The maximum Gasteiger partial charge on any atom is 0.417 e. The summed E-state index contributed by atoms with van der Waals surface area (Å²) in [5, 5.41) is 8.19. The minimum atomic E-state index is -4.76. The van der Waals surface area contributed by atoms with Gasteiger partial charge in [0.1, 0.15) is 59.9 Å². The van der Waals surface area contributed by atoms with Gasteiger partial charge in [0.15, 0.2) is 0 Å². The van der Waals surface area contributed by atoms with E-state index in [-0.39, 0.29) is 82.7 Å². The van der Waals surface area contributed by atoms with Gasteiger partial charge in [0.2, 0.25) is 70.9 Å². The van der Waals surface area contributed by atoms with Gasteiger partial charge in [-0.3, -0.25) is 57.5 Å². The third-order valence-electron chi connectivity index (χ3n) is 22.4. The van der Waals surface area contributed by atoms with Crippen LogP contribution in [0, 0.1) is 17.8 Å². The van der Waals surface area contributed by atoms with Gasteiger partial charge in [-0.25, -0.2) is 0 Å². The molecule has 3 N–H and O–H groups in total. The number of piperidine rings is 1. The number of likely N-dealkylation sites (tertiary alicyclic amines) is 1. The Bertz CT molecular complexity index is 3160. The Kier molecular flexibility index (Phi) is 28.9. The zero-order valence-electron chi connectivity index (χ0n) is 61.6. The number of alkyl halides is 3. The number of nitrogens with one attached hydrogen (secondary N) is 3. The summed E-state index contributed by atoms with van der Waals surface area (Å²) in [5.74, 6) is -8.18. The van der Waals surface area contributed by atoms with Crippen molar-refractivity contribution < 1.29 is 70.7 Å². The molecule has 10 atom stereocenters. The van der Waals surface area contributed by atoms with Gasteiger partial charge in [0.25, 0.3) is 0 Å². The maximum atomic E-state index is 15.5. The molecule has 24 nitrogen and oxygen atoms in total. The predicted octanol–water partition coefficient (Wildman–Crippen LogP) is 6.56. The second kappa shape index (κ2) is 35.9. The van der Waals surface area contributed by atoms with Gasteiger partial charge in [-0.05, 0) is 126 Å². The molecule has 4 heterocycles. The molecule has 12 amide bonds. The van der Waals surface area contributed by atoms with Crippen molar-refractivity contribution in [1.82, 2.24) is 60.0 Å². The molecule has 0 aromatic heterocycles. The summed E-state index contributed by atoms with van der Waals surface area (Å²) in [5.41, 5.74) is -2.34. The van der Waals surface area contributed by atoms with Gasteiger partial charge in [0, 0.05) is 68.5 Å². The molecule has 28 heteroatoms. The summed E-state index contributed by atoms with van der Waals surface area (Å²) < 4.78 is 41.7. The molecule has 6 aliphatic rings. The molecule has 6 fully saturated rings. The van der Waals surface area contributed by atoms with E-state index in [1.165, 1.54) is 89.6 Å². The lowest BCUT2D eigenvalue weighted by Gasteiger charge is -2.45. The highest BCUT2D eigenvalue weighted by atomic mass is 35.5. The number of rotatable bonds is 13. The zero-order valence-corrected chi connectivity index (χ0v) is 62.4. The Morgan fingerprint density at radius 2 is 1.28 bits per heavy atom. The quantitative estimate of drug-likeness (QED) is 0.189. The number of carbonyl (C=O) groups is 12. The standard InChI is InChI=1S/C73H112ClF3N12O12/c1-13-15-27-54-67(97)85(11)58(69(99)87-36-22-17-23-37-87)43-60(91)83(9)56(40-45(3)4)62(92)79-61(46(5)14-2)70(100)82(8)47(6)64(94)89-39-33-55(89)68(98)84(10)57(42-48-25-18-16-19-26-48)66(96)81(7)44-59(90)78-52(32-30-49-29-31-50(51(74)41-49)73(75,76)77)65(95)88-38-24-28-53(88)63(93)80-72(34-20-21-35-72)71(101)86(54)12/h29,31,41,45-48,52-58,61H,13-28,30,32-40,42-44H2,1-12H3,(H,78,90)(H,79,92)(H,80,93)/t46-,47-,52-,53-,54-,55-,56-,57-,58-,61-/m0/s1. The molecule has 4 saturated heterocycles. The molecule has 1 aromatic rings. The average molecular weight is 1440 g/mol. The minimum Gasteiger partial charge on any atom is -0.343 e. The summed E-state index contributed by atoms with van der Waals surface area (Å²) in [4.78, 5) is 192. The Labute approximate surface area is 599 Å². The predicted molar refractivity (Wildman–Crippen MR) is 374 cm³/mol. The number of hydrogen-bond acceptors (Lipinski definition) is 12. The fourth-order valence-corrected chi connectivity index (χ4v) is 15.8. The molecule has 7 rings (SSSR count). The molecule has 1 aromatic carbocycles. The van der Waals surface area contributed by atoms with E-state index in [1.54, 1.807) is 11.8 Å². The van der Waals surface area contributed by atoms with E-state index in [4.69, 9.17) is 11.6 Å². The minimum absolute atomic E-state index is 0.0236. The zero-order chi connectivity index (χ0) is 74.5. The lowest BCUT2D eigenvalue weighted by atomic mass is 9.84. The Hall–Kier alpha value is -7.06. The molecular formula is C73H112ClF3N12O12. The van der Waals surface area contributed by atoms with Crippen LogP contribution in [0.3, 0.4) is 0 Å². The van der Waals surface area contributed by atoms with Crippen molar-refractivity contribution in [2.75, 3.05) is 75.0 Å². The summed E-state index contributed by atoms with van der Waals surface area (Å²) in [6.07, 6.45) is 5.04. The second-order valence-corrected chi connectivity index (χ2v) is 30.4. The van der Waals surface area contributed by atoms with Gasteiger partial charge in [-0.1, -0.05) is 116 Å². The van der Waals surface area contributed by atoms with Crippen LogP contribution in [0.2, 0.25) is 5.02 Å². The van der Waals surface area contributed by atoms with Crippen molar-refractivity contribution in [3.05, 3.63) is 34.3 Å². The molecule has 4 aliphatic heterocycles. The number of fused-ring (bicyclic) bond motifs is 2. The molecule has 1 spiro atoms. The fourth-order valence-electron chi connectivity index (χ4n) is 15.5. The maximum absolute atomic E-state index is 15.5. The fraction of sp³-hybridized carbons (Fsp3) is 0.753. The molecule has 0 radical (unpaired) electrons. The van der Waals surface area contributed by atoms with Crippen LogP contribution in [-0.4, -0.2) is 250 Å². The van der Waals surface area contributed by atoms with Gasteiger partial charge in [0.05, 0.1) is 23.6 Å². The molecule has 0 unspecified atom stereocenters. The molecular weight excluding hydrogens is 1330 g/mol. The normalized spacial score (nSPS) is 27.6. The van der Waals surface area contributed by atoms with Gasteiger partial charge < -0.3 is 60.0 Å². The van der Waals surface area contributed by atoms with Crippen LogP contribution in [0.4, 0.5) is 13.2 Å². The monoisotopic (exact) mass is 1440 g/mol. The highest BCUT2D eigenvalue weighted by molar-refractivity contribution is 6.31. The van der Waals surface area contributed by atoms with Crippen molar-refractivity contribution in [2.24, 2.45) is 17.8 Å². The van der Waals surface area contributed by atoms with Crippen LogP contribution in [-0.2, 0) is 70.1 Å². The third kappa shape index (κ3) is 19.6. The Balaban J connectivity index is 1.29. The summed E-state index contributed by atoms with van der Waals surface area (Å²) in [7, 11) is 8.66. The van der Waals surface area contributed by atoms with Crippen molar-refractivity contribution in [2.45, 2.75) is 262 Å². The van der Waals surface area contributed by atoms with E-state index >= 15 is 24.0 Å². The first-order valence-corrected chi connectivity index (χ1v) is 37.3. The van der Waals surface area contributed by atoms with E-state index in [0.29, 0.717) is 70.0 Å². The smallest absolute Gasteiger partial charge is 0.343 e. The van der Waals surface area contributed by atoms with Gasteiger partial charge >= 0.3 is 6.18 Å². The lowest BCUT2D eigenvalue weighted by molar-refractivity contribution is -0.160. The molecule has 564 valence electrons. The number of amides is 12. The summed E-state index contributed by atoms with van der Waals surface area (Å²) in [6, 6.07) is -7.75. The number of aryl methyl sites for hydroxylation is 1. The average Bonchev–Trinajstić information content (AvgIpc) is 1.73. The summed E-state index contributed by atoms with van der Waals surface area (Å²) in [6.45, 7) is 11.1. The van der Waals surface area contributed by atoms with Crippen LogP contribution in [0.15, 0.2) is 18.2 Å². The van der Waals surface area contributed by atoms with E-state index in [9.17, 15) is 46.7 Å². The van der Waals surface area contributed by atoms with E-state index in [0.717, 1.165) is 55.6 Å². The van der Waals surface area contributed by atoms with Crippen LogP contribution in [0.1, 0.15) is 200 Å². The first-order valence-electron chi connectivity index (χ1n) is 36.9. The number of likely N-dealkylation sites (N-methyl/N-ethyl adjacent to an activating group) is 6. The number of hydrogen-bond donors (Lipinski definition) is 3. The number of unbranched alkanes of at least 4 members (excludes halogenated alkanes) is 1. The molecule has 0 bridgehead atoms. The van der Waals surface area contributed by atoms with Gasteiger partial charge in [-0.2, -0.15) is 13.2 Å². The highest BCUT2D eigenvalue weighted by Gasteiger charge is 2.51. The Morgan fingerprint density at radius 3 is 1.87 bits per heavy atom. The van der Waals surface area contributed by atoms with Gasteiger partial charge in [-0.15, -0.1) is 0 Å². The molecule has 101 heavy (non-hydrogen) atoms. The van der Waals surface area contributed by atoms with E-state index in [2.05, 4.69) is 16.0 Å². The number of halogens is 4. The van der Waals surface area contributed by atoms with Crippen molar-refractivity contribution in [1.29, 1.82) is 0 Å². The third-order valence-corrected chi connectivity index (χ3v) is 22.8. The topological polar surface area (TPSA) is 270 Å². The lowest BCUT2D eigenvalue weighted by Crippen LogP contribution is -2.65. The highest BCUT2D eigenvalue weighted by Crippen LogP contribution is 2.38. The first-order chi connectivity index (χ1) is 47.7. The number of nitrogens with zero attached hydrogens (tertiary/aromatic N) is 9. The summed E-state index contributed by atoms with van der Waals surface area (Å²) >= 11 is 6.16. The van der Waals surface area contributed by atoms with E-state index < -0.39 is 166 Å². The Morgan fingerprint density at radius 1 is 0.634 bits per heavy atom. The van der Waals surface area contributed by atoms with Crippen molar-refractivity contribution in [3.63, 3.8) is 0 Å². The molecule has 2 aliphatic carbocycles. The van der Waals surface area contributed by atoms with Crippen LogP contribution in [0.25, 0.3) is 0 Å². The van der Waals surface area contributed by atoms with Crippen LogP contribution >= 0.6 is 11.6 Å². The van der Waals surface area contributed by atoms with Crippen LogP contribution in [0.5, 0.6) is 0 Å². The van der Waals surface area contributed by atoms with E-state index in [1.807, 2.05) is 27.7 Å². The number of benzene rings is 1. The molecule has 2 saturated carbocycles. The van der Waals surface area contributed by atoms with Crippen molar-refractivity contribution >= 4 is 82.5 Å². The second-order valence-electron chi connectivity index (χ2n) is 29.9. The van der Waals surface area contributed by atoms with Crippen molar-refractivity contribution in [3.8, 4) is 0 Å². The van der Waals surface area contributed by atoms with Crippen LogP contribution < -0.4 is 16.0 Å². The number of carbonyl (C=O) groups excluding carboxylic acids is 12.